The summed E-state index contributed by atoms with van der Waals surface area (Å²) in [6.07, 6.45) is 4.01. The Hall–Kier alpha value is -3.16. The Bertz CT molecular complexity index is 1150. The van der Waals surface area contributed by atoms with Gasteiger partial charge in [0.15, 0.2) is 0 Å². The number of benzene rings is 2. The number of rotatable bonds is 7. The van der Waals surface area contributed by atoms with E-state index < -0.39 is 0 Å². The van der Waals surface area contributed by atoms with E-state index in [1.807, 2.05) is 70.4 Å². The van der Waals surface area contributed by atoms with E-state index in [2.05, 4.69) is 10.2 Å². The predicted octanol–water partition coefficient (Wildman–Crippen LogP) is 3.29. The second kappa shape index (κ2) is 9.99. The Morgan fingerprint density at radius 2 is 1.68 bits per heavy atom. The van der Waals surface area contributed by atoms with Crippen molar-refractivity contribution < 1.29 is 9.59 Å². The third kappa shape index (κ3) is 5.48. The minimum Gasteiger partial charge on any atom is -0.352 e. The number of hydrogen-bond donors (Lipinski definition) is 1. The van der Waals surface area contributed by atoms with Gasteiger partial charge in [-0.2, -0.15) is 5.10 Å². The minimum atomic E-state index is -0.0358. The van der Waals surface area contributed by atoms with E-state index >= 15 is 0 Å². The molecule has 2 fully saturated rings. The molecule has 0 unspecified atom stereocenters. The normalized spacial score (nSPS) is 16.4. The van der Waals surface area contributed by atoms with E-state index in [4.69, 9.17) is 16.7 Å². The van der Waals surface area contributed by atoms with Crippen LogP contribution >= 0.6 is 11.6 Å². The highest BCUT2D eigenvalue weighted by atomic mass is 35.5. The summed E-state index contributed by atoms with van der Waals surface area (Å²) >= 11 is 6.08. The lowest BCUT2D eigenvalue weighted by molar-refractivity contribution is -0.122. The molecule has 1 aliphatic heterocycles. The monoisotopic (exact) mass is 477 g/mol. The average Bonchev–Trinajstić information content (AvgIpc) is 3.56. The molecule has 8 heteroatoms. The lowest BCUT2D eigenvalue weighted by Crippen LogP contribution is -2.51. The number of aromatic nitrogens is 2. The quantitative estimate of drug-likeness (QED) is 0.567. The minimum absolute atomic E-state index is 0.0358. The van der Waals surface area contributed by atoms with E-state index in [0.717, 1.165) is 24.0 Å². The summed E-state index contributed by atoms with van der Waals surface area (Å²) in [5.41, 5.74) is 3.21. The molecule has 1 saturated heterocycles. The van der Waals surface area contributed by atoms with Crippen molar-refractivity contribution in [2.45, 2.75) is 25.4 Å². The number of nitrogens with one attached hydrogen (secondary N) is 1. The van der Waals surface area contributed by atoms with E-state index in [-0.39, 0.29) is 11.8 Å². The fourth-order valence-electron chi connectivity index (χ4n) is 4.23. The second-order valence-corrected chi connectivity index (χ2v) is 9.43. The van der Waals surface area contributed by atoms with Gasteiger partial charge in [0.05, 0.1) is 18.7 Å². The van der Waals surface area contributed by atoms with Crippen LogP contribution in [0.5, 0.6) is 0 Å². The fraction of sp³-hybridized carbons (Fsp3) is 0.346. The average molecular weight is 478 g/mol. The number of halogens is 1. The van der Waals surface area contributed by atoms with E-state index in [9.17, 15) is 9.59 Å². The maximum atomic E-state index is 13.6. The number of carbonyl (C=O) groups excluding carboxylic acids is 2. The van der Waals surface area contributed by atoms with Crippen LogP contribution in [0.1, 0.15) is 28.8 Å². The summed E-state index contributed by atoms with van der Waals surface area (Å²) in [4.78, 5) is 29.7. The van der Waals surface area contributed by atoms with Crippen LogP contribution in [0.15, 0.2) is 60.8 Å². The molecule has 1 aliphatic carbocycles. The van der Waals surface area contributed by atoms with Gasteiger partial charge in [-0.15, -0.1) is 0 Å². The molecule has 1 saturated carbocycles. The fourth-order valence-corrected chi connectivity index (χ4v) is 4.36. The number of hydrogen-bond acceptors (Lipinski definition) is 4. The van der Waals surface area contributed by atoms with Crippen LogP contribution < -0.4 is 5.32 Å². The highest BCUT2D eigenvalue weighted by Crippen LogP contribution is 2.26. The zero-order chi connectivity index (χ0) is 23.5. The van der Waals surface area contributed by atoms with E-state index in [0.29, 0.717) is 61.6 Å². The van der Waals surface area contributed by atoms with Crippen LogP contribution in [-0.2, 0) is 11.3 Å². The molecular weight excluding hydrogens is 450 g/mol. The standard InChI is InChI=1S/C26H28ClN5O2/c27-21-8-6-20(7-9-21)25-23(17-32(29-25)16-19-4-2-1-3-5-19)26(34)31-14-12-30(13-15-31)18-24(33)28-22-10-11-22/h1-9,17,22H,10-16,18H2,(H,28,33). The molecule has 5 rings (SSSR count). The Morgan fingerprint density at radius 3 is 2.35 bits per heavy atom. The summed E-state index contributed by atoms with van der Waals surface area (Å²) in [6, 6.07) is 17.8. The lowest BCUT2D eigenvalue weighted by atomic mass is 10.1. The summed E-state index contributed by atoms with van der Waals surface area (Å²) in [5, 5.41) is 8.44. The third-order valence-corrected chi connectivity index (χ3v) is 6.52. The summed E-state index contributed by atoms with van der Waals surface area (Å²) in [7, 11) is 0. The van der Waals surface area contributed by atoms with Crippen molar-refractivity contribution in [3.63, 3.8) is 0 Å². The van der Waals surface area contributed by atoms with Crippen molar-refractivity contribution >= 4 is 23.4 Å². The van der Waals surface area contributed by atoms with Gasteiger partial charge in [-0.05, 0) is 30.5 Å². The molecule has 0 radical (unpaired) electrons. The Kier molecular flexibility index (Phi) is 6.65. The summed E-state index contributed by atoms with van der Waals surface area (Å²) < 4.78 is 1.82. The first-order valence-electron chi connectivity index (χ1n) is 11.7. The predicted molar refractivity (Wildman–Crippen MR) is 132 cm³/mol. The second-order valence-electron chi connectivity index (χ2n) is 8.99. The van der Waals surface area contributed by atoms with Crippen LogP contribution in [0, 0.1) is 0 Å². The van der Waals surface area contributed by atoms with Crippen molar-refractivity contribution in [1.82, 2.24) is 24.9 Å². The Labute approximate surface area is 204 Å². The molecule has 0 bridgehead atoms. The van der Waals surface area contributed by atoms with Gasteiger partial charge in [0.1, 0.15) is 5.69 Å². The van der Waals surface area contributed by atoms with Gasteiger partial charge < -0.3 is 10.2 Å². The van der Waals surface area contributed by atoms with Crippen LogP contribution in [0.2, 0.25) is 5.02 Å². The zero-order valence-corrected chi connectivity index (χ0v) is 19.7. The molecular formula is C26H28ClN5O2. The molecule has 2 heterocycles. The van der Waals surface area contributed by atoms with E-state index in [1.54, 1.807) is 0 Å². The molecule has 2 amide bonds. The highest BCUT2D eigenvalue weighted by Gasteiger charge is 2.28. The van der Waals surface area contributed by atoms with Gasteiger partial charge in [-0.25, -0.2) is 0 Å². The molecule has 1 aromatic heterocycles. The topological polar surface area (TPSA) is 70.5 Å². The van der Waals surface area contributed by atoms with Crippen molar-refractivity contribution in [3.05, 3.63) is 76.9 Å². The molecule has 2 aliphatic rings. The van der Waals surface area contributed by atoms with Crippen LogP contribution in [0.4, 0.5) is 0 Å². The molecule has 7 nitrogen and oxygen atoms in total. The highest BCUT2D eigenvalue weighted by molar-refractivity contribution is 6.30. The lowest BCUT2D eigenvalue weighted by Gasteiger charge is -2.34. The first kappa shape index (κ1) is 22.6. The first-order chi connectivity index (χ1) is 16.5. The SMILES string of the molecule is O=C(CN1CCN(C(=O)c2cn(Cc3ccccc3)nc2-c2ccc(Cl)cc2)CC1)NC1CC1. The van der Waals surface area contributed by atoms with Gasteiger partial charge in [-0.1, -0.05) is 54.1 Å². The Balaban J connectivity index is 1.31. The molecule has 0 atom stereocenters. The molecule has 0 spiro atoms. The van der Waals surface area contributed by atoms with Crippen LogP contribution in [0.25, 0.3) is 11.3 Å². The summed E-state index contributed by atoms with van der Waals surface area (Å²) in [6.45, 7) is 3.50. The molecule has 1 N–H and O–H groups in total. The zero-order valence-electron chi connectivity index (χ0n) is 19.0. The van der Waals surface area contributed by atoms with Gasteiger partial charge >= 0.3 is 0 Å². The van der Waals surface area contributed by atoms with Crippen molar-refractivity contribution in [3.8, 4) is 11.3 Å². The number of carbonyl (C=O) groups is 2. The molecule has 2 aromatic carbocycles. The number of piperazine rings is 1. The van der Waals surface area contributed by atoms with Crippen molar-refractivity contribution in [1.29, 1.82) is 0 Å². The number of amides is 2. The van der Waals surface area contributed by atoms with Gasteiger partial charge in [0.25, 0.3) is 5.91 Å². The number of nitrogens with zero attached hydrogens (tertiary/aromatic N) is 4. The van der Waals surface area contributed by atoms with Gasteiger partial charge in [0.2, 0.25) is 5.91 Å². The first-order valence-corrected chi connectivity index (χ1v) is 12.1. The van der Waals surface area contributed by atoms with Gasteiger partial charge in [0, 0.05) is 49.0 Å². The molecule has 34 heavy (non-hydrogen) atoms. The Morgan fingerprint density at radius 1 is 0.971 bits per heavy atom. The van der Waals surface area contributed by atoms with Crippen LogP contribution in [0.3, 0.4) is 0 Å². The molecule has 176 valence electrons. The van der Waals surface area contributed by atoms with Gasteiger partial charge in [-0.3, -0.25) is 19.2 Å². The maximum Gasteiger partial charge on any atom is 0.257 e. The van der Waals surface area contributed by atoms with Crippen molar-refractivity contribution in [2.75, 3.05) is 32.7 Å². The molecule has 3 aromatic rings. The van der Waals surface area contributed by atoms with Crippen molar-refractivity contribution in [2.24, 2.45) is 0 Å². The maximum absolute atomic E-state index is 13.6. The van der Waals surface area contributed by atoms with Crippen LogP contribution in [-0.4, -0.2) is 70.2 Å². The summed E-state index contributed by atoms with van der Waals surface area (Å²) in [5.74, 6) is 0.0424. The third-order valence-electron chi connectivity index (χ3n) is 6.27. The van der Waals surface area contributed by atoms with E-state index in [1.165, 1.54) is 0 Å². The smallest absolute Gasteiger partial charge is 0.257 e. The largest absolute Gasteiger partial charge is 0.352 e.